The van der Waals surface area contributed by atoms with Gasteiger partial charge in [0.15, 0.2) is 0 Å². The van der Waals surface area contributed by atoms with Crippen molar-refractivity contribution in [3.8, 4) is 0 Å². The van der Waals surface area contributed by atoms with Gasteiger partial charge in [-0.3, -0.25) is 0 Å². The highest BCUT2D eigenvalue weighted by atomic mass is 14.9. The molecule has 1 unspecified atom stereocenters. The van der Waals surface area contributed by atoms with Gasteiger partial charge in [-0.25, -0.2) is 0 Å². The van der Waals surface area contributed by atoms with Gasteiger partial charge in [0.25, 0.3) is 0 Å². The van der Waals surface area contributed by atoms with Gasteiger partial charge in [-0.1, -0.05) is 18.6 Å². The van der Waals surface area contributed by atoms with Gasteiger partial charge in [0.1, 0.15) is 0 Å². The second-order valence-electron chi connectivity index (χ2n) is 5.59. The molecule has 1 aliphatic heterocycles. The van der Waals surface area contributed by atoms with E-state index in [0.29, 0.717) is 6.04 Å². The van der Waals surface area contributed by atoms with E-state index in [1.54, 1.807) is 0 Å². The van der Waals surface area contributed by atoms with E-state index in [1.807, 2.05) is 0 Å². The number of aryl methyl sites for hydroxylation is 2. The van der Waals surface area contributed by atoms with Crippen LogP contribution in [-0.2, 0) is 6.42 Å². The fourth-order valence-corrected chi connectivity index (χ4v) is 3.04. The topological polar surface area (TPSA) is 27.8 Å². The van der Waals surface area contributed by atoms with Crippen molar-refractivity contribution in [2.75, 3.05) is 6.54 Å². The molecule has 0 radical (unpaired) electrons. The van der Waals surface area contributed by atoms with E-state index in [9.17, 15) is 0 Å². The first-order valence-corrected chi connectivity index (χ1v) is 7.05. The minimum atomic E-state index is 0.666. The maximum absolute atomic E-state index is 3.63. The maximum Gasteiger partial charge on any atom is 0.0489 e. The average Bonchev–Trinajstić information content (AvgIpc) is 2.79. The number of hydrogen-bond donors (Lipinski definition) is 2. The summed E-state index contributed by atoms with van der Waals surface area (Å²) in [7, 11) is 0. The fraction of sp³-hybridized carbons (Fsp3) is 0.500. The summed E-state index contributed by atoms with van der Waals surface area (Å²) in [4.78, 5) is 3.46. The van der Waals surface area contributed by atoms with E-state index in [2.05, 4.69) is 42.5 Å². The molecule has 0 aliphatic carbocycles. The highest BCUT2D eigenvalue weighted by molar-refractivity contribution is 5.86. The summed E-state index contributed by atoms with van der Waals surface area (Å²) in [6.45, 7) is 5.57. The quantitative estimate of drug-likeness (QED) is 0.829. The molecule has 0 spiro atoms. The summed E-state index contributed by atoms with van der Waals surface area (Å²) in [5.41, 5.74) is 5.54. The van der Waals surface area contributed by atoms with Crippen molar-refractivity contribution >= 4 is 10.9 Å². The number of fused-ring (bicyclic) bond motifs is 1. The largest absolute Gasteiger partial charge is 0.361 e. The molecule has 3 rings (SSSR count). The second kappa shape index (κ2) is 4.77. The Kier molecular flexibility index (Phi) is 3.13. The molecule has 1 fully saturated rings. The molecule has 1 aromatic heterocycles. The number of aromatic nitrogens is 1. The number of piperidine rings is 1. The molecule has 1 aromatic carbocycles. The lowest BCUT2D eigenvalue weighted by molar-refractivity contribution is 0.400. The Labute approximate surface area is 109 Å². The summed E-state index contributed by atoms with van der Waals surface area (Å²) in [6.07, 6.45) is 7.38. The first-order valence-electron chi connectivity index (χ1n) is 7.05. The van der Waals surface area contributed by atoms with Crippen molar-refractivity contribution in [1.82, 2.24) is 10.3 Å². The monoisotopic (exact) mass is 242 g/mol. The molecule has 0 saturated carbocycles. The Balaban J connectivity index is 1.90. The number of H-pyrrole nitrogens is 1. The van der Waals surface area contributed by atoms with Crippen molar-refractivity contribution in [1.29, 1.82) is 0 Å². The van der Waals surface area contributed by atoms with Crippen LogP contribution < -0.4 is 5.32 Å². The number of benzene rings is 1. The van der Waals surface area contributed by atoms with Crippen molar-refractivity contribution in [2.45, 2.75) is 45.6 Å². The molecular formula is C16H22N2. The third-order valence-electron chi connectivity index (χ3n) is 4.35. The maximum atomic E-state index is 3.63. The van der Waals surface area contributed by atoms with Gasteiger partial charge < -0.3 is 10.3 Å². The number of hydrogen-bond acceptors (Lipinski definition) is 1. The highest BCUT2D eigenvalue weighted by Gasteiger charge is 2.15. The minimum Gasteiger partial charge on any atom is -0.361 e. The van der Waals surface area contributed by atoms with Gasteiger partial charge in [0.2, 0.25) is 0 Å². The Hall–Kier alpha value is -1.28. The summed E-state index contributed by atoms with van der Waals surface area (Å²) in [5, 5.41) is 5.04. The lowest BCUT2D eigenvalue weighted by Gasteiger charge is -2.23. The summed E-state index contributed by atoms with van der Waals surface area (Å²) < 4.78 is 0. The van der Waals surface area contributed by atoms with Crippen LogP contribution in [0.3, 0.4) is 0 Å². The normalized spacial score (nSPS) is 20.4. The standard InChI is InChI=1S/C16H22N2/c1-11-6-7-15-13(10-18-16(15)12(11)2)9-14-5-3-4-8-17-14/h6-7,10,14,17-18H,3-5,8-9H2,1-2H3. The third kappa shape index (κ3) is 2.05. The van der Waals surface area contributed by atoms with Crippen LogP contribution in [0, 0.1) is 13.8 Å². The summed E-state index contributed by atoms with van der Waals surface area (Å²) in [6, 6.07) is 5.18. The van der Waals surface area contributed by atoms with Crippen molar-refractivity contribution in [3.63, 3.8) is 0 Å². The summed E-state index contributed by atoms with van der Waals surface area (Å²) in [5.74, 6) is 0. The van der Waals surface area contributed by atoms with Crippen LogP contribution in [0.15, 0.2) is 18.3 Å². The van der Waals surface area contributed by atoms with Crippen LogP contribution in [0.5, 0.6) is 0 Å². The van der Waals surface area contributed by atoms with Crippen LogP contribution in [0.1, 0.15) is 36.0 Å². The molecule has 0 bridgehead atoms. The Morgan fingerprint density at radius 2 is 2.11 bits per heavy atom. The Morgan fingerprint density at radius 3 is 2.89 bits per heavy atom. The average molecular weight is 242 g/mol. The molecule has 0 amide bonds. The minimum absolute atomic E-state index is 0.666. The molecule has 96 valence electrons. The van der Waals surface area contributed by atoms with Gasteiger partial charge in [-0.05, 0) is 56.3 Å². The van der Waals surface area contributed by atoms with Crippen LogP contribution in [0.25, 0.3) is 10.9 Å². The van der Waals surface area contributed by atoms with Crippen molar-refractivity contribution < 1.29 is 0 Å². The fourth-order valence-electron chi connectivity index (χ4n) is 3.04. The second-order valence-corrected chi connectivity index (χ2v) is 5.59. The van der Waals surface area contributed by atoms with Gasteiger partial charge in [-0.15, -0.1) is 0 Å². The SMILES string of the molecule is Cc1ccc2c(CC3CCCCN3)c[nH]c2c1C. The molecule has 2 nitrogen and oxygen atoms in total. The first-order chi connectivity index (χ1) is 8.75. The first kappa shape index (κ1) is 11.8. The third-order valence-corrected chi connectivity index (χ3v) is 4.35. The number of nitrogens with one attached hydrogen (secondary N) is 2. The summed E-state index contributed by atoms with van der Waals surface area (Å²) >= 11 is 0. The zero-order valence-electron chi connectivity index (χ0n) is 11.3. The molecule has 18 heavy (non-hydrogen) atoms. The molecule has 1 aliphatic rings. The van der Waals surface area contributed by atoms with E-state index < -0.39 is 0 Å². The molecule has 2 aromatic rings. The number of rotatable bonds is 2. The van der Waals surface area contributed by atoms with Crippen molar-refractivity contribution in [2.24, 2.45) is 0 Å². The molecule has 2 heteroatoms. The molecule has 1 saturated heterocycles. The van der Waals surface area contributed by atoms with E-state index >= 15 is 0 Å². The molecule has 2 heterocycles. The van der Waals surface area contributed by atoms with Crippen LogP contribution >= 0.6 is 0 Å². The lowest BCUT2D eigenvalue weighted by atomic mass is 9.96. The predicted octanol–water partition coefficient (Wildman–Crippen LogP) is 3.47. The number of aromatic amines is 1. The smallest absolute Gasteiger partial charge is 0.0489 e. The Bertz CT molecular complexity index is 547. The lowest BCUT2D eigenvalue weighted by Crippen LogP contribution is -2.35. The predicted molar refractivity (Wildman–Crippen MR) is 77.1 cm³/mol. The van der Waals surface area contributed by atoms with E-state index in [1.165, 1.54) is 53.4 Å². The van der Waals surface area contributed by atoms with Gasteiger partial charge >= 0.3 is 0 Å². The van der Waals surface area contributed by atoms with Gasteiger partial charge in [0, 0.05) is 23.1 Å². The highest BCUT2D eigenvalue weighted by Crippen LogP contribution is 2.25. The van der Waals surface area contributed by atoms with Gasteiger partial charge in [-0.2, -0.15) is 0 Å². The molecule has 1 atom stereocenters. The van der Waals surface area contributed by atoms with E-state index in [-0.39, 0.29) is 0 Å². The molecular weight excluding hydrogens is 220 g/mol. The van der Waals surface area contributed by atoms with Crippen LogP contribution in [0.4, 0.5) is 0 Å². The van der Waals surface area contributed by atoms with E-state index in [0.717, 1.165) is 6.42 Å². The van der Waals surface area contributed by atoms with Crippen molar-refractivity contribution in [3.05, 3.63) is 35.0 Å². The van der Waals surface area contributed by atoms with Crippen LogP contribution in [-0.4, -0.2) is 17.6 Å². The zero-order valence-corrected chi connectivity index (χ0v) is 11.3. The van der Waals surface area contributed by atoms with Crippen LogP contribution in [0.2, 0.25) is 0 Å². The zero-order chi connectivity index (χ0) is 12.5. The van der Waals surface area contributed by atoms with Gasteiger partial charge in [0.05, 0.1) is 0 Å². The molecule has 2 N–H and O–H groups in total. The van der Waals surface area contributed by atoms with E-state index in [4.69, 9.17) is 0 Å². The Morgan fingerprint density at radius 1 is 1.22 bits per heavy atom.